The Kier molecular flexibility index (Phi) is 5.34. The summed E-state index contributed by atoms with van der Waals surface area (Å²) in [5.41, 5.74) is 6.21. The molecule has 0 saturated heterocycles. The van der Waals surface area contributed by atoms with E-state index in [0.717, 1.165) is 0 Å². The lowest BCUT2D eigenvalue weighted by molar-refractivity contribution is -0.120. The minimum atomic E-state index is -1.42. The van der Waals surface area contributed by atoms with E-state index in [-0.39, 0.29) is 5.91 Å². The fourth-order valence-electron chi connectivity index (χ4n) is 1.40. The van der Waals surface area contributed by atoms with E-state index in [4.69, 9.17) is 5.73 Å². The molecule has 4 nitrogen and oxygen atoms in total. The highest BCUT2D eigenvalue weighted by Gasteiger charge is 2.22. The molecular weight excluding hydrogens is 248 g/mol. The van der Waals surface area contributed by atoms with E-state index < -0.39 is 16.0 Å². The van der Waals surface area contributed by atoms with Gasteiger partial charge in [-0.2, -0.15) is 0 Å². The molecule has 1 amide bonds. The molecule has 1 aromatic rings. The number of carbonyl (C=O) groups excluding carboxylic acids is 1. The molecule has 0 radical (unpaired) electrons. The summed E-state index contributed by atoms with van der Waals surface area (Å²) in [6, 6.07) is 6.92. The molecule has 18 heavy (non-hydrogen) atoms. The van der Waals surface area contributed by atoms with Crippen molar-refractivity contribution in [1.29, 1.82) is 0 Å². The summed E-state index contributed by atoms with van der Waals surface area (Å²) >= 11 is 0. The first-order valence-electron chi connectivity index (χ1n) is 5.96. The number of benzene rings is 1. The number of nitrogens with one attached hydrogen (secondary N) is 1. The summed E-state index contributed by atoms with van der Waals surface area (Å²) in [5, 5.41) is 2.18. The monoisotopic (exact) mass is 268 g/mol. The van der Waals surface area contributed by atoms with Gasteiger partial charge in [0.1, 0.15) is 5.25 Å². The summed E-state index contributed by atoms with van der Waals surface area (Å²) < 4.78 is 12.2. The fourth-order valence-corrected chi connectivity index (χ4v) is 2.57. The standard InChI is InChI=1S/C13H20N2O2S/c1-9(2)8-15-13(16)10(3)18(17)12-7-5-4-6-11(12)14/h4-7,9-10H,8,14H2,1-3H3,(H,15,16). The molecule has 0 spiro atoms. The number of amides is 1. The van der Waals surface area contributed by atoms with E-state index in [2.05, 4.69) is 5.32 Å². The van der Waals surface area contributed by atoms with Gasteiger partial charge in [0.05, 0.1) is 15.7 Å². The van der Waals surface area contributed by atoms with Crippen LogP contribution in [0.4, 0.5) is 5.69 Å². The van der Waals surface area contributed by atoms with Crippen LogP contribution in [0.1, 0.15) is 20.8 Å². The highest BCUT2D eigenvalue weighted by molar-refractivity contribution is 7.86. The summed E-state index contributed by atoms with van der Waals surface area (Å²) in [6.45, 7) is 6.26. The van der Waals surface area contributed by atoms with Crippen molar-refractivity contribution in [1.82, 2.24) is 5.32 Å². The van der Waals surface area contributed by atoms with Crippen molar-refractivity contribution in [2.24, 2.45) is 5.92 Å². The van der Waals surface area contributed by atoms with E-state index in [9.17, 15) is 9.00 Å². The normalized spacial score (nSPS) is 14.2. The Bertz CT molecular complexity index is 446. The van der Waals surface area contributed by atoms with Gasteiger partial charge < -0.3 is 11.1 Å². The SMILES string of the molecule is CC(C)CNC(=O)C(C)S(=O)c1ccccc1N. The molecule has 0 aromatic heterocycles. The number of para-hydroxylation sites is 1. The molecule has 0 aliphatic carbocycles. The van der Waals surface area contributed by atoms with Crippen LogP contribution in [0.5, 0.6) is 0 Å². The molecule has 100 valence electrons. The van der Waals surface area contributed by atoms with Crippen molar-refractivity contribution in [3.63, 3.8) is 0 Å². The third-order valence-electron chi connectivity index (χ3n) is 2.51. The lowest BCUT2D eigenvalue weighted by Gasteiger charge is -2.14. The van der Waals surface area contributed by atoms with E-state index in [1.807, 2.05) is 13.8 Å². The lowest BCUT2D eigenvalue weighted by Crippen LogP contribution is -2.37. The first kappa shape index (κ1) is 14.7. The zero-order valence-electron chi connectivity index (χ0n) is 11.0. The van der Waals surface area contributed by atoms with Gasteiger partial charge in [-0.1, -0.05) is 26.0 Å². The van der Waals surface area contributed by atoms with E-state index in [1.54, 1.807) is 31.2 Å². The van der Waals surface area contributed by atoms with Gasteiger partial charge in [0.2, 0.25) is 5.91 Å². The first-order valence-corrected chi connectivity index (χ1v) is 7.17. The van der Waals surface area contributed by atoms with Gasteiger partial charge in [0, 0.05) is 12.2 Å². The van der Waals surface area contributed by atoms with Crippen LogP contribution < -0.4 is 11.1 Å². The van der Waals surface area contributed by atoms with Crippen molar-refractivity contribution in [3.8, 4) is 0 Å². The first-order chi connectivity index (χ1) is 8.43. The second kappa shape index (κ2) is 6.54. The van der Waals surface area contributed by atoms with Crippen LogP contribution in [-0.2, 0) is 15.6 Å². The van der Waals surface area contributed by atoms with Gasteiger partial charge in [-0.3, -0.25) is 9.00 Å². The Morgan fingerprint density at radius 1 is 1.33 bits per heavy atom. The van der Waals surface area contributed by atoms with Crippen LogP contribution in [0.2, 0.25) is 0 Å². The summed E-state index contributed by atoms with van der Waals surface area (Å²) in [5.74, 6) is 0.168. The topological polar surface area (TPSA) is 72.2 Å². The molecule has 0 aliphatic heterocycles. The number of nitrogen functional groups attached to an aromatic ring is 1. The second-order valence-corrected chi connectivity index (χ2v) is 6.36. The van der Waals surface area contributed by atoms with E-state index in [0.29, 0.717) is 23.0 Å². The van der Waals surface area contributed by atoms with Crippen LogP contribution in [0, 0.1) is 5.92 Å². The number of hydrogen-bond donors (Lipinski definition) is 2. The minimum Gasteiger partial charge on any atom is -0.398 e. The molecular formula is C13H20N2O2S. The molecule has 1 rings (SSSR count). The minimum absolute atomic E-state index is 0.203. The summed E-state index contributed by atoms with van der Waals surface area (Å²) in [7, 11) is -1.42. The smallest absolute Gasteiger partial charge is 0.235 e. The van der Waals surface area contributed by atoms with Crippen molar-refractivity contribution >= 4 is 22.4 Å². The number of anilines is 1. The Labute approximate surface area is 110 Å². The fraction of sp³-hybridized carbons (Fsp3) is 0.462. The van der Waals surface area contributed by atoms with Crippen LogP contribution in [0.3, 0.4) is 0 Å². The maximum atomic E-state index is 12.2. The second-order valence-electron chi connectivity index (χ2n) is 4.62. The number of nitrogens with two attached hydrogens (primary N) is 1. The lowest BCUT2D eigenvalue weighted by atomic mass is 10.2. The van der Waals surface area contributed by atoms with Gasteiger partial charge in [0.15, 0.2) is 0 Å². The average molecular weight is 268 g/mol. The third kappa shape index (κ3) is 3.84. The molecule has 0 heterocycles. The van der Waals surface area contributed by atoms with E-state index >= 15 is 0 Å². The van der Waals surface area contributed by atoms with Crippen LogP contribution in [0.25, 0.3) is 0 Å². The van der Waals surface area contributed by atoms with Gasteiger partial charge in [-0.15, -0.1) is 0 Å². The zero-order chi connectivity index (χ0) is 13.7. The van der Waals surface area contributed by atoms with Gasteiger partial charge >= 0.3 is 0 Å². The third-order valence-corrected chi connectivity index (χ3v) is 4.17. The van der Waals surface area contributed by atoms with Crippen molar-refractivity contribution in [2.45, 2.75) is 30.9 Å². The van der Waals surface area contributed by atoms with Gasteiger partial charge in [-0.05, 0) is 25.0 Å². The quantitative estimate of drug-likeness (QED) is 0.796. The number of hydrogen-bond acceptors (Lipinski definition) is 3. The molecule has 2 unspecified atom stereocenters. The molecule has 0 saturated carbocycles. The molecule has 0 fully saturated rings. The van der Waals surface area contributed by atoms with Crippen LogP contribution in [-0.4, -0.2) is 21.9 Å². The molecule has 3 N–H and O–H groups in total. The molecule has 1 aromatic carbocycles. The molecule has 5 heteroatoms. The van der Waals surface area contributed by atoms with Crippen molar-refractivity contribution in [2.75, 3.05) is 12.3 Å². The highest BCUT2D eigenvalue weighted by atomic mass is 32.2. The Morgan fingerprint density at radius 2 is 1.94 bits per heavy atom. The van der Waals surface area contributed by atoms with Crippen molar-refractivity contribution < 1.29 is 9.00 Å². The number of carbonyl (C=O) groups is 1. The molecule has 0 aliphatic rings. The van der Waals surface area contributed by atoms with Crippen molar-refractivity contribution in [3.05, 3.63) is 24.3 Å². The summed E-state index contributed by atoms with van der Waals surface area (Å²) in [4.78, 5) is 12.3. The van der Waals surface area contributed by atoms with Gasteiger partial charge in [-0.25, -0.2) is 0 Å². The average Bonchev–Trinajstić information content (AvgIpc) is 2.34. The van der Waals surface area contributed by atoms with E-state index in [1.165, 1.54) is 0 Å². The molecule has 2 atom stereocenters. The zero-order valence-corrected chi connectivity index (χ0v) is 11.8. The predicted octanol–water partition coefficient (Wildman–Crippen LogP) is 1.54. The molecule has 0 bridgehead atoms. The number of rotatable bonds is 5. The Hall–Kier alpha value is -1.36. The Morgan fingerprint density at radius 3 is 2.50 bits per heavy atom. The summed E-state index contributed by atoms with van der Waals surface area (Å²) in [6.07, 6.45) is 0. The highest BCUT2D eigenvalue weighted by Crippen LogP contribution is 2.18. The predicted molar refractivity (Wildman–Crippen MR) is 74.6 cm³/mol. The van der Waals surface area contributed by atoms with Crippen LogP contribution >= 0.6 is 0 Å². The maximum Gasteiger partial charge on any atom is 0.235 e. The largest absolute Gasteiger partial charge is 0.398 e. The van der Waals surface area contributed by atoms with Gasteiger partial charge in [0.25, 0.3) is 0 Å². The maximum absolute atomic E-state index is 12.2. The Balaban J connectivity index is 2.72. The van der Waals surface area contributed by atoms with Crippen LogP contribution in [0.15, 0.2) is 29.2 Å².